The molecule has 1 aromatic heterocycles. The maximum absolute atomic E-state index is 12.2. The van der Waals surface area contributed by atoms with Crippen molar-refractivity contribution in [3.63, 3.8) is 0 Å². The number of anilines is 1. The monoisotopic (exact) mass is 284 g/mol. The average molecular weight is 284 g/mol. The van der Waals surface area contributed by atoms with Crippen LogP contribution in [0.4, 0.5) is 5.69 Å². The molecule has 0 unspecified atom stereocenters. The Morgan fingerprint density at radius 1 is 1.30 bits per heavy atom. The van der Waals surface area contributed by atoms with Crippen molar-refractivity contribution in [1.29, 1.82) is 0 Å². The normalized spacial score (nSPS) is 9.75. The van der Waals surface area contributed by atoms with E-state index in [0.717, 1.165) is 21.7 Å². The lowest BCUT2D eigenvalue weighted by Gasteiger charge is -2.09. The Labute approximate surface area is 122 Å². The van der Waals surface area contributed by atoms with Gasteiger partial charge in [-0.25, -0.2) is 0 Å². The summed E-state index contributed by atoms with van der Waals surface area (Å²) >= 11 is 1.37. The molecule has 20 heavy (non-hydrogen) atoms. The molecule has 3 N–H and O–H groups in total. The van der Waals surface area contributed by atoms with Crippen molar-refractivity contribution in [2.45, 2.75) is 13.8 Å². The Morgan fingerprint density at radius 3 is 2.85 bits per heavy atom. The van der Waals surface area contributed by atoms with E-state index in [9.17, 15) is 4.79 Å². The molecule has 0 saturated heterocycles. The highest BCUT2D eigenvalue weighted by Crippen LogP contribution is 2.21. The lowest BCUT2D eigenvalue weighted by atomic mass is 10.1. The molecule has 0 saturated carbocycles. The standard InChI is InChI=1S/C16H16N2OS/c1-11-5-3-7-14(12(11)2)18-16(19)15-9-8-13(20-15)6-4-10-17/h3,5,7-9H,10,17H2,1-2H3,(H,18,19). The number of benzene rings is 1. The van der Waals surface area contributed by atoms with Gasteiger partial charge < -0.3 is 11.1 Å². The molecule has 1 aromatic carbocycles. The van der Waals surface area contributed by atoms with Crippen molar-refractivity contribution in [3.8, 4) is 11.8 Å². The van der Waals surface area contributed by atoms with E-state index in [1.807, 2.05) is 38.1 Å². The molecule has 0 fully saturated rings. The molecular formula is C16H16N2OS. The predicted octanol–water partition coefficient (Wildman–Crippen LogP) is 2.93. The highest BCUT2D eigenvalue weighted by Gasteiger charge is 2.10. The van der Waals surface area contributed by atoms with Gasteiger partial charge in [-0.15, -0.1) is 11.3 Å². The van der Waals surface area contributed by atoms with E-state index in [1.54, 1.807) is 6.07 Å². The fourth-order valence-corrected chi connectivity index (χ4v) is 2.51. The fourth-order valence-electron chi connectivity index (χ4n) is 1.74. The number of thiophene rings is 1. The molecule has 102 valence electrons. The first kappa shape index (κ1) is 14.3. The highest BCUT2D eigenvalue weighted by atomic mass is 32.1. The lowest BCUT2D eigenvalue weighted by Crippen LogP contribution is -2.11. The number of carbonyl (C=O) groups is 1. The van der Waals surface area contributed by atoms with E-state index in [0.29, 0.717) is 11.4 Å². The Bertz CT molecular complexity index is 692. The van der Waals surface area contributed by atoms with Crippen LogP contribution in [0.1, 0.15) is 25.7 Å². The van der Waals surface area contributed by atoms with E-state index in [4.69, 9.17) is 5.73 Å². The summed E-state index contributed by atoms with van der Waals surface area (Å²) < 4.78 is 0. The van der Waals surface area contributed by atoms with E-state index < -0.39 is 0 Å². The van der Waals surface area contributed by atoms with Gasteiger partial charge in [-0.05, 0) is 43.2 Å². The minimum atomic E-state index is -0.107. The molecule has 2 rings (SSSR count). The van der Waals surface area contributed by atoms with Crippen LogP contribution in [-0.4, -0.2) is 12.5 Å². The number of hydrogen-bond donors (Lipinski definition) is 2. The molecule has 0 bridgehead atoms. The lowest BCUT2D eigenvalue weighted by molar-refractivity contribution is 0.103. The second-order valence-electron chi connectivity index (χ2n) is 4.37. The topological polar surface area (TPSA) is 55.1 Å². The molecular weight excluding hydrogens is 268 g/mol. The Morgan fingerprint density at radius 2 is 2.10 bits per heavy atom. The summed E-state index contributed by atoms with van der Waals surface area (Å²) in [6, 6.07) is 9.49. The van der Waals surface area contributed by atoms with Crippen LogP contribution in [0.5, 0.6) is 0 Å². The molecule has 0 spiro atoms. The zero-order valence-electron chi connectivity index (χ0n) is 11.5. The smallest absolute Gasteiger partial charge is 0.265 e. The van der Waals surface area contributed by atoms with Gasteiger partial charge in [0.1, 0.15) is 0 Å². The van der Waals surface area contributed by atoms with Crippen LogP contribution in [-0.2, 0) is 0 Å². The van der Waals surface area contributed by atoms with Crippen LogP contribution >= 0.6 is 11.3 Å². The van der Waals surface area contributed by atoms with Crippen LogP contribution < -0.4 is 11.1 Å². The second kappa shape index (κ2) is 6.38. The molecule has 3 nitrogen and oxygen atoms in total. The summed E-state index contributed by atoms with van der Waals surface area (Å²) in [5, 5.41) is 2.94. The number of amides is 1. The summed E-state index contributed by atoms with van der Waals surface area (Å²) in [6.07, 6.45) is 0. The number of rotatable bonds is 2. The van der Waals surface area contributed by atoms with E-state index in [2.05, 4.69) is 17.2 Å². The van der Waals surface area contributed by atoms with Gasteiger partial charge >= 0.3 is 0 Å². The molecule has 0 aliphatic rings. The molecule has 0 atom stereocenters. The van der Waals surface area contributed by atoms with Gasteiger partial charge in [0.2, 0.25) is 0 Å². The summed E-state index contributed by atoms with van der Waals surface area (Å²) in [6.45, 7) is 4.34. The third kappa shape index (κ3) is 3.27. The van der Waals surface area contributed by atoms with Gasteiger partial charge in [0.15, 0.2) is 0 Å². The number of nitrogens with one attached hydrogen (secondary N) is 1. The van der Waals surface area contributed by atoms with Crippen LogP contribution in [0, 0.1) is 25.7 Å². The SMILES string of the molecule is Cc1cccc(NC(=O)c2ccc(C#CCN)s2)c1C. The van der Waals surface area contributed by atoms with Crippen molar-refractivity contribution in [1.82, 2.24) is 0 Å². The zero-order valence-corrected chi connectivity index (χ0v) is 12.3. The van der Waals surface area contributed by atoms with Crippen molar-refractivity contribution in [2.75, 3.05) is 11.9 Å². The van der Waals surface area contributed by atoms with Crippen LogP contribution in [0.25, 0.3) is 0 Å². The van der Waals surface area contributed by atoms with Gasteiger partial charge in [0.05, 0.1) is 16.3 Å². The minimum absolute atomic E-state index is 0.107. The zero-order chi connectivity index (χ0) is 14.5. The minimum Gasteiger partial charge on any atom is -0.321 e. The maximum atomic E-state index is 12.2. The van der Waals surface area contributed by atoms with Crippen LogP contribution in [0.3, 0.4) is 0 Å². The fraction of sp³-hybridized carbons (Fsp3) is 0.188. The summed E-state index contributed by atoms with van der Waals surface area (Å²) in [5.41, 5.74) is 8.41. The van der Waals surface area contributed by atoms with Gasteiger partial charge in [0, 0.05) is 5.69 Å². The third-order valence-corrected chi connectivity index (χ3v) is 4.00. The number of nitrogens with two attached hydrogens (primary N) is 1. The van der Waals surface area contributed by atoms with E-state index in [1.165, 1.54) is 11.3 Å². The predicted molar refractivity (Wildman–Crippen MR) is 84.1 cm³/mol. The van der Waals surface area contributed by atoms with Crippen molar-refractivity contribution < 1.29 is 4.79 Å². The summed E-state index contributed by atoms with van der Waals surface area (Å²) in [4.78, 5) is 13.7. The van der Waals surface area contributed by atoms with Gasteiger partial charge in [-0.2, -0.15) is 0 Å². The summed E-state index contributed by atoms with van der Waals surface area (Å²) in [5.74, 6) is 5.60. The van der Waals surface area contributed by atoms with Gasteiger partial charge in [-0.1, -0.05) is 24.0 Å². The van der Waals surface area contributed by atoms with E-state index >= 15 is 0 Å². The second-order valence-corrected chi connectivity index (χ2v) is 5.46. The first-order chi connectivity index (χ1) is 9.61. The van der Waals surface area contributed by atoms with Crippen molar-refractivity contribution in [2.24, 2.45) is 5.73 Å². The van der Waals surface area contributed by atoms with Gasteiger partial charge in [0.25, 0.3) is 5.91 Å². The molecule has 1 amide bonds. The van der Waals surface area contributed by atoms with Crippen molar-refractivity contribution >= 4 is 22.9 Å². The summed E-state index contributed by atoms with van der Waals surface area (Å²) in [7, 11) is 0. The molecule has 1 heterocycles. The Kier molecular flexibility index (Phi) is 4.57. The number of hydrogen-bond acceptors (Lipinski definition) is 3. The molecule has 0 aliphatic carbocycles. The van der Waals surface area contributed by atoms with Crippen LogP contribution in [0.2, 0.25) is 0 Å². The largest absolute Gasteiger partial charge is 0.321 e. The molecule has 0 radical (unpaired) electrons. The molecule has 2 aromatic rings. The Balaban J connectivity index is 2.16. The highest BCUT2D eigenvalue weighted by molar-refractivity contribution is 7.14. The molecule has 4 heteroatoms. The maximum Gasteiger partial charge on any atom is 0.265 e. The van der Waals surface area contributed by atoms with Gasteiger partial charge in [-0.3, -0.25) is 4.79 Å². The van der Waals surface area contributed by atoms with Crippen molar-refractivity contribution in [3.05, 3.63) is 51.2 Å². The average Bonchev–Trinajstić information content (AvgIpc) is 2.90. The number of aryl methyl sites for hydroxylation is 1. The third-order valence-electron chi connectivity index (χ3n) is 3.00. The quantitative estimate of drug-likeness (QED) is 0.833. The number of carbonyl (C=O) groups excluding carboxylic acids is 1. The van der Waals surface area contributed by atoms with E-state index in [-0.39, 0.29) is 5.91 Å². The molecule has 0 aliphatic heterocycles. The first-order valence-electron chi connectivity index (χ1n) is 6.28. The Hall–Kier alpha value is -2.09. The first-order valence-corrected chi connectivity index (χ1v) is 7.10. The van der Waals surface area contributed by atoms with Crippen LogP contribution in [0.15, 0.2) is 30.3 Å².